The number of pyridine rings is 1. The van der Waals surface area contributed by atoms with Gasteiger partial charge in [0.2, 0.25) is 0 Å². The summed E-state index contributed by atoms with van der Waals surface area (Å²) >= 11 is 0.546. The van der Waals surface area contributed by atoms with E-state index in [4.69, 9.17) is 5.73 Å². The van der Waals surface area contributed by atoms with Crippen molar-refractivity contribution in [3.8, 4) is 5.75 Å². The quantitative estimate of drug-likeness (QED) is 0.358. The Morgan fingerprint density at radius 3 is 2.57 bits per heavy atom. The van der Waals surface area contributed by atoms with Crippen LogP contribution in [0.3, 0.4) is 0 Å². The number of rotatable bonds is 9. The van der Waals surface area contributed by atoms with Crippen molar-refractivity contribution in [2.24, 2.45) is 16.6 Å². The molecule has 1 fully saturated rings. The summed E-state index contributed by atoms with van der Waals surface area (Å²) in [7, 11) is 0. The van der Waals surface area contributed by atoms with Crippen molar-refractivity contribution in [2.45, 2.75) is 41.9 Å². The van der Waals surface area contributed by atoms with Crippen LogP contribution in [0.25, 0.3) is 0 Å². The summed E-state index contributed by atoms with van der Waals surface area (Å²) < 4.78 is 97.6. The van der Waals surface area contributed by atoms with Crippen molar-refractivity contribution in [3.05, 3.63) is 59.2 Å². The van der Waals surface area contributed by atoms with Crippen LogP contribution in [0, 0.1) is 11.7 Å². The zero-order valence-electron chi connectivity index (χ0n) is 19.0. The van der Waals surface area contributed by atoms with Crippen LogP contribution in [0.1, 0.15) is 28.5 Å². The lowest BCUT2D eigenvalue weighted by molar-refractivity contribution is -0.148. The Morgan fingerprint density at radius 1 is 1.27 bits per heavy atom. The molecule has 0 radical (unpaired) electrons. The number of ketones is 1. The van der Waals surface area contributed by atoms with E-state index in [1.165, 1.54) is 19.1 Å². The Morgan fingerprint density at radius 2 is 1.97 bits per heavy atom. The highest BCUT2D eigenvalue weighted by Crippen LogP contribution is 2.74. The first-order valence-corrected chi connectivity index (χ1v) is 11.6. The zero-order chi connectivity index (χ0) is 27.4. The molecule has 6 nitrogen and oxygen atoms in total. The maximum atomic E-state index is 14.9. The minimum Gasteiger partial charge on any atom is -0.485 e. The summed E-state index contributed by atoms with van der Waals surface area (Å²) in [6.07, 6.45) is -3.34. The molecule has 2 heterocycles. The van der Waals surface area contributed by atoms with E-state index in [0.717, 1.165) is 24.4 Å². The van der Waals surface area contributed by atoms with Crippen molar-refractivity contribution in [1.29, 1.82) is 0 Å². The third-order valence-corrected chi connectivity index (χ3v) is 7.75. The Hall–Kier alpha value is -2.87. The number of ether oxygens (including phenoxy) is 1. The summed E-state index contributed by atoms with van der Waals surface area (Å²) in [6, 6.07) is 5.73. The van der Waals surface area contributed by atoms with Gasteiger partial charge in [0.05, 0.1) is 24.3 Å². The molecule has 14 heteroatoms. The number of Topliss-reactive ketones (excluding diaryl/α,β-unsaturated/α-hetero) is 1. The Labute approximate surface area is 210 Å². The van der Waals surface area contributed by atoms with E-state index >= 15 is 0 Å². The molecule has 0 saturated heterocycles. The fourth-order valence-corrected chi connectivity index (χ4v) is 5.90. The van der Waals surface area contributed by atoms with Crippen LogP contribution in [0.5, 0.6) is 5.75 Å². The van der Waals surface area contributed by atoms with Crippen molar-refractivity contribution >= 4 is 22.7 Å². The first-order valence-electron chi connectivity index (χ1n) is 10.8. The number of hydrogen-bond acceptors (Lipinski definition) is 7. The fraction of sp³-hybridized carbons (Fsp3) is 0.435. The number of nitrogens with zero attached hydrogens (tertiary/aromatic N) is 2. The normalized spacial score (nSPS) is 26.4. The molecule has 2 aromatic rings. The van der Waals surface area contributed by atoms with Crippen molar-refractivity contribution in [1.82, 2.24) is 4.98 Å². The monoisotopic (exact) mass is 551 g/mol. The number of fused-ring (bicyclic) bond motifs is 1. The van der Waals surface area contributed by atoms with Crippen molar-refractivity contribution in [2.75, 3.05) is 13.2 Å². The van der Waals surface area contributed by atoms with E-state index in [1.54, 1.807) is 0 Å². The topological polar surface area (TPSA) is 97.8 Å². The average molecular weight is 551 g/mol. The van der Waals surface area contributed by atoms with Crippen LogP contribution in [0.4, 0.5) is 30.7 Å². The Kier molecular flexibility index (Phi) is 6.72. The Balaban J connectivity index is 1.53. The molecule has 0 spiro atoms. The number of aliphatic hydroxyl groups is 1. The Bertz CT molecular complexity index is 1240. The highest BCUT2D eigenvalue weighted by Gasteiger charge is 2.87. The van der Waals surface area contributed by atoms with E-state index in [-0.39, 0.29) is 34.2 Å². The molecule has 0 unspecified atom stereocenters. The largest absolute Gasteiger partial charge is 0.485 e. The molecule has 3 atom stereocenters. The van der Waals surface area contributed by atoms with E-state index in [0.29, 0.717) is 11.8 Å². The third-order valence-electron chi connectivity index (χ3n) is 6.45. The first-order chi connectivity index (χ1) is 17.2. The minimum atomic E-state index is -4.36. The number of aliphatic hydroxyl groups excluding tert-OH is 1. The summed E-state index contributed by atoms with van der Waals surface area (Å²) in [5.41, 5.74) is 3.83. The average Bonchev–Trinajstić information content (AvgIpc) is 3.34. The van der Waals surface area contributed by atoms with E-state index in [9.17, 15) is 40.6 Å². The second-order valence-corrected chi connectivity index (χ2v) is 10.3. The molecule has 0 amide bonds. The van der Waals surface area contributed by atoms with Gasteiger partial charge >= 0.3 is 12.3 Å². The lowest BCUT2D eigenvalue weighted by Crippen LogP contribution is -2.37. The number of carbonyl (C=O) groups is 1. The number of alkyl halides is 6. The highest BCUT2D eigenvalue weighted by molar-refractivity contribution is 8.15. The number of benzene rings is 1. The number of halogens is 7. The van der Waals surface area contributed by atoms with Gasteiger partial charge in [-0.1, -0.05) is 17.8 Å². The van der Waals surface area contributed by atoms with Crippen LogP contribution in [-0.4, -0.2) is 57.3 Å². The van der Waals surface area contributed by atoms with E-state index < -0.39 is 59.3 Å². The summed E-state index contributed by atoms with van der Waals surface area (Å²) in [6.45, 7) is -1.19. The maximum Gasteiger partial charge on any atom is 0.340 e. The van der Waals surface area contributed by atoms with Gasteiger partial charge in [-0.15, -0.1) is 0 Å². The zero-order valence-corrected chi connectivity index (χ0v) is 19.8. The molecular formula is C23H20F7N3O3S. The summed E-state index contributed by atoms with van der Waals surface area (Å²) in [5.74, 6) is -11.0. The number of nitrogens with two attached hydrogens (primary N) is 1. The first kappa shape index (κ1) is 27.2. The van der Waals surface area contributed by atoms with Gasteiger partial charge in [0.25, 0.3) is 5.92 Å². The predicted molar refractivity (Wildman–Crippen MR) is 120 cm³/mol. The SMILES string of the molecule is C[C@]1(c2cc(CC(=O)c3ccc(OCC(F)(F)C(F)F)cn3)ccc2F)N=C(N)S[C@]2(CO)[C@H]1C2(F)F. The highest BCUT2D eigenvalue weighted by atomic mass is 32.2. The molecule has 4 rings (SSSR count). The minimum absolute atomic E-state index is 0.130. The molecule has 2 aliphatic rings. The van der Waals surface area contributed by atoms with Crippen LogP contribution in [-0.2, 0) is 12.0 Å². The molecule has 0 bridgehead atoms. The molecule has 1 aliphatic heterocycles. The molecule has 200 valence electrons. The molecule has 1 aliphatic carbocycles. The van der Waals surface area contributed by atoms with Gasteiger partial charge in [-0.05, 0) is 36.8 Å². The molecule has 3 N–H and O–H groups in total. The van der Waals surface area contributed by atoms with Crippen molar-refractivity contribution < 1.29 is 45.4 Å². The third kappa shape index (κ3) is 4.54. The summed E-state index contributed by atoms with van der Waals surface area (Å²) in [4.78, 5) is 20.6. The fourth-order valence-electron chi connectivity index (χ4n) is 4.53. The maximum absolute atomic E-state index is 14.9. The molecule has 1 aromatic carbocycles. The number of carbonyl (C=O) groups excluding carboxylic acids is 1. The van der Waals surface area contributed by atoms with Crippen molar-refractivity contribution in [3.63, 3.8) is 0 Å². The molecule has 1 saturated carbocycles. The van der Waals surface area contributed by atoms with Crippen LogP contribution in [0.15, 0.2) is 41.5 Å². The van der Waals surface area contributed by atoms with Crippen LogP contribution in [0.2, 0.25) is 0 Å². The van der Waals surface area contributed by atoms with Gasteiger partial charge in [0.1, 0.15) is 22.0 Å². The van der Waals surface area contributed by atoms with Crippen LogP contribution >= 0.6 is 11.8 Å². The van der Waals surface area contributed by atoms with Gasteiger partial charge < -0.3 is 15.6 Å². The molecule has 37 heavy (non-hydrogen) atoms. The number of thioether (sulfide) groups is 1. The molecule has 1 aromatic heterocycles. The number of amidine groups is 1. The summed E-state index contributed by atoms with van der Waals surface area (Å²) in [5, 5.41) is 9.44. The molecular weight excluding hydrogens is 531 g/mol. The lowest BCUT2D eigenvalue weighted by atomic mass is 9.84. The van der Waals surface area contributed by atoms with Gasteiger partial charge in [-0.3, -0.25) is 9.79 Å². The van der Waals surface area contributed by atoms with Gasteiger partial charge in [0, 0.05) is 12.0 Å². The number of aliphatic imine (C=N–C) groups is 1. The van der Waals surface area contributed by atoms with Crippen LogP contribution < -0.4 is 10.5 Å². The smallest absolute Gasteiger partial charge is 0.340 e. The second-order valence-electron chi connectivity index (χ2n) is 8.95. The second kappa shape index (κ2) is 9.15. The standard InChI is InChI=1S/C23H20F7N3O3S/c1-20(17-21(9-34,23(17,29)30)37-19(31)33-20)13-6-11(2-4-14(13)24)7-16(35)15-5-3-12(8-32-15)36-10-22(27,28)18(25)26/h2-6,8,17-18,34H,7,9-10H2,1H3,(H2,31,33)/t17-,20+,21+/m0/s1. The number of aromatic nitrogens is 1. The van der Waals surface area contributed by atoms with Gasteiger partial charge in [-0.2, -0.15) is 8.78 Å². The van der Waals surface area contributed by atoms with Gasteiger partial charge in [0.15, 0.2) is 17.6 Å². The lowest BCUT2D eigenvalue weighted by Gasteiger charge is -2.32. The predicted octanol–water partition coefficient (Wildman–Crippen LogP) is 4.20. The van der Waals surface area contributed by atoms with Gasteiger partial charge in [-0.25, -0.2) is 26.9 Å². The van der Waals surface area contributed by atoms with E-state index in [1.807, 2.05) is 0 Å². The number of hydrogen-bond donors (Lipinski definition) is 2. The van der Waals surface area contributed by atoms with E-state index in [2.05, 4.69) is 14.7 Å².